The van der Waals surface area contributed by atoms with Crippen LogP contribution in [0.5, 0.6) is 0 Å². The Bertz CT molecular complexity index is 549. The maximum atomic E-state index is 11.0. The Kier molecular flexibility index (Phi) is 4.69. The first-order chi connectivity index (χ1) is 9.99. The van der Waals surface area contributed by atoms with Gasteiger partial charge in [-0.05, 0) is 12.8 Å². The van der Waals surface area contributed by atoms with Gasteiger partial charge >= 0.3 is 11.7 Å². The summed E-state index contributed by atoms with van der Waals surface area (Å²) in [5, 5.41) is 32.5. The molecule has 2 rings (SSSR count). The fourth-order valence-corrected chi connectivity index (χ4v) is 2.52. The number of aliphatic hydroxyl groups excluding tert-OH is 1. The van der Waals surface area contributed by atoms with E-state index in [4.69, 9.17) is 5.11 Å². The average Bonchev–Trinajstić information content (AvgIpc) is 2.46. The Morgan fingerprint density at radius 1 is 1.48 bits per heavy atom. The van der Waals surface area contributed by atoms with E-state index in [2.05, 4.69) is 10.3 Å². The van der Waals surface area contributed by atoms with Crippen molar-refractivity contribution in [2.45, 2.75) is 31.8 Å². The minimum absolute atomic E-state index is 0.0871. The molecule has 21 heavy (non-hydrogen) atoms. The molecule has 1 aromatic heterocycles. The first-order valence-electron chi connectivity index (χ1n) is 6.78. The summed E-state index contributed by atoms with van der Waals surface area (Å²) in [5.41, 5.74) is -0.938. The SMILES string of the molecule is O=C(O)c1cc(NCC2CCCCC2O)ncc1[N+](=O)[O-]. The van der Waals surface area contributed by atoms with Crippen LogP contribution < -0.4 is 5.32 Å². The topological polar surface area (TPSA) is 126 Å². The summed E-state index contributed by atoms with van der Waals surface area (Å²) in [6.07, 6.45) is 4.29. The zero-order chi connectivity index (χ0) is 15.4. The van der Waals surface area contributed by atoms with Crippen LogP contribution in [0.2, 0.25) is 0 Å². The normalized spacial score (nSPS) is 21.8. The Morgan fingerprint density at radius 2 is 2.19 bits per heavy atom. The number of anilines is 1. The Labute approximate surface area is 121 Å². The lowest BCUT2D eigenvalue weighted by atomic mass is 9.86. The predicted molar refractivity (Wildman–Crippen MR) is 74.3 cm³/mol. The van der Waals surface area contributed by atoms with Gasteiger partial charge in [0.2, 0.25) is 0 Å². The summed E-state index contributed by atoms with van der Waals surface area (Å²) < 4.78 is 0. The lowest BCUT2D eigenvalue weighted by Gasteiger charge is -2.27. The van der Waals surface area contributed by atoms with Crippen LogP contribution in [0.25, 0.3) is 0 Å². The van der Waals surface area contributed by atoms with E-state index in [0.717, 1.165) is 37.9 Å². The fraction of sp³-hybridized carbons (Fsp3) is 0.538. The van der Waals surface area contributed by atoms with Gasteiger partial charge in [-0.3, -0.25) is 10.1 Å². The van der Waals surface area contributed by atoms with Gasteiger partial charge in [0.15, 0.2) is 0 Å². The van der Waals surface area contributed by atoms with E-state index in [-0.39, 0.29) is 17.8 Å². The highest BCUT2D eigenvalue weighted by Gasteiger charge is 2.24. The van der Waals surface area contributed by atoms with Crippen LogP contribution in [-0.2, 0) is 0 Å². The van der Waals surface area contributed by atoms with Crippen molar-refractivity contribution in [2.24, 2.45) is 5.92 Å². The van der Waals surface area contributed by atoms with Crippen LogP contribution in [0.3, 0.4) is 0 Å². The number of pyridine rings is 1. The van der Waals surface area contributed by atoms with Crippen LogP contribution in [0.4, 0.5) is 11.5 Å². The van der Waals surface area contributed by atoms with Gasteiger partial charge in [0.25, 0.3) is 0 Å². The van der Waals surface area contributed by atoms with Gasteiger partial charge in [0.05, 0.1) is 11.0 Å². The standard InChI is InChI=1S/C13H17N3O5/c17-11-4-2-1-3-8(11)6-14-12-5-9(13(18)19)10(7-15-12)16(20)21/h5,7-8,11,17H,1-4,6H2,(H,14,15)(H,18,19). The third-order valence-corrected chi connectivity index (χ3v) is 3.72. The quantitative estimate of drug-likeness (QED) is 0.557. The van der Waals surface area contributed by atoms with Crippen LogP contribution in [0.15, 0.2) is 12.3 Å². The summed E-state index contributed by atoms with van der Waals surface area (Å²) in [6, 6.07) is 1.15. The molecular weight excluding hydrogens is 278 g/mol. The number of carbonyl (C=O) groups is 1. The maximum absolute atomic E-state index is 11.0. The number of nitrogens with one attached hydrogen (secondary N) is 1. The number of aromatic nitrogens is 1. The average molecular weight is 295 g/mol. The molecule has 0 spiro atoms. The van der Waals surface area contributed by atoms with Crippen LogP contribution in [0, 0.1) is 16.0 Å². The Balaban J connectivity index is 2.08. The van der Waals surface area contributed by atoms with E-state index in [9.17, 15) is 20.0 Å². The predicted octanol–water partition coefficient (Wildman–Crippen LogP) is 1.65. The van der Waals surface area contributed by atoms with Crippen molar-refractivity contribution in [3.63, 3.8) is 0 Å². The molecule has 1 aromatic rings. The second-order valence-electron chi connectivity index (χ2n) is 5.14. The van der Waals surface area contributed by atoms with Gasteiger partial charge in [-0.2, -0.15) is 0 Å². The number of nitrogens with zero attached hydrogens (tertiary/aromatic N) is 2. The van der Waals surface area contributed by atoms with Gasteiger partial charge in [-0.25, -0.2) is 9.78 Å². The molecule has 3 N–H and O–H groups in total. The highest BCUT2D eigenvalue weighted by molar-refractivity contribution is 5.93. The largest absolute Gasteiger partial charge is 0.477 e. The van der Waals surface area contributed by atoms with Crippen molar-refractivity contribution in [1.29, 1.82) is 0 Å². The number of carboxylic acid groups (broad SMARTS) is 1. The number of carboxylic acids is 1. The molecule has 1 heterocycles. The first-order valence-corrected chi connectivity index (χ1v) is 6.78. The van der Waals surface area contributed by atoms with Crippen molar-refractivity contribution in [3.05, 3.63) is 27.9 Å². The molecule has 114 valence electrons. The van der Waals surface area contributed by atoms with Crippen LogP contribution >= 0.6 is 0 Å². The molecule has 1 aliphatic rings. The van der Waals surface area contributed by atoms with Gasteiger partial charge in [0.1, 0.15) is 17.6 Å². The van der Waals surface area contributed by atoms with E-state index in [1.165, 1.54) is 0 Å². The molecule has 0 bridgehead atoms. The summed E-state index contributed by atoms with van der Waals surface area (Å²) >= 11 is 0. The summed E-state index contributed by atoms with van der Waals surface area (Å²) in [5.74, 6) is -1.02. The molecule has 0 radical (unpaired) electrons. The third kappa shape index (κ3) is 3.66. The zero-order valence-corrected chi connectivity index (χ0v) is 11.4. The van der Waals surface area contributed by atoms with E-state index in [1.54, 1.807) is 0 Å². The minimum Gasteiger partial charge on any atom is -0.477 e. The van der Waals surface area contributed by atoms with Gasteiger partial charge in [-0.15, -0.1) is 0 Å². The smallest absolute Gasteiger partial charge is 0.342 e. The van der Waals surface area contributed by atoms with E-state index in [1.807, 2.05) is 0 Å². The number of rotatable bonds is 5. The van der Waals surface area contributed by atoms with E-state index in [0.29, 0.717) is 6.54 Å². The molecule has 8 nitrogen and oxygen atoms in total. The van der Waals surface area contributed by atoms with E-state index < -0.39 is 22.1 Å². The van der Waals surface area contributed by atoms with E-state index >= 15 is 0 Å². The first kappa shape index (κ1) is 15.2. The molecule has 8 heteroatoms. The monoisotopic (exact) mass is 295 g/mol. The molecular formula is C13H17N3O5. The van der Waals surface area contributed by atoms with Gasteiger partial charge < -0.3 is 15.5 Å². The molecule has 1 fully saturated rings. The number of nitro groups is 1. The van der Waals surface area contributed by atoms with Gasteiger partial charge in [0, 0.05) is 18.5 Å². The zero-order valence-electron chi connectivity index (χ0n) is 11.4. The van der Waals surface area contributed by atoms with Crippen molar-refractivity contribution < 1.29 is 19.9 Å². The van der Waals surface area contributed by atoms with Crippen LogP contribution in [-0.4, -0.2) is 38.7 Å². The minimum atomic E-state index is -1.37. The number of aliphatic hydroxyl groups is 1. The van der Waals surface area contributed by atoms with Crippen molar-refractivity contribution in [1.82, 2.24) is 4.98 Å². The molecule has 2 atom stereocenters. The molecule has 0 amide bonds. The number of hydrogen-bond acceptors (Lipinski definition) is 6. The Morgan fingerprint density at radius 3 is 2.81 bits per heavy atom. The second-order valence-corrected chi connectivity index (χ2v) is 5.14. The van der Waals surface area contributed by atoms with Crippen molar-refractivity contribution in [2.75, 3.05) is 11.9 Å². The lowest BCUT2D eigenvalue weighted by Crippen LogP contribution is -2.30. The van der Waals surface area contributed by atoms with Gasteiger partial charge in [-0.1, -0.05) is 12.8 Å². The third-order valence-electron chi connectivity index (χ3n) is 3.72. The molecule has 0 aromatic carbocycles. The molecule has 0 aliphatic heterocycles. The van der Waals surface area contributed by atoms with Crippen LogP contribution in [0.1, 0.15) is 36.0 Å². The number of hydrogen-bond donors (Lipinski definition) is 3. The molecule has 0 saturated heterocycles. The van der Waals surface area contributed by atoms with Crippen molar-refractivity contribution >= 4 is 17.5 Å². The molecule has 2 unspecified atom stereocenters. The highest BCUT2D eigenvalue weighted by atomic mass is 16.6. The second kappa shape index (κ2) is 6.49. The lowest BCUT2D eigenvalue weighted by molar-refractivity contribution is -0.385. The summed E-state index contributed by atoms with van der Waals surface area (Å²) in [7, 11) is 0. The molecule has 1 aliphatic carbocycles. The Hall–Kier alpha value is -2.22. The summed E-state index contributed by atoms with van der Waals surface area (Å²) in [4.78, 5) is 24.9. The number of aromatic carboxylic acids is 1. The summed E-state index contributed by atoms with van der Waals surface area (Å²) in [6.45, 7) is 0.463. The molecule has 1 saturated carbocycles. The fourth-order valence-electron chi connectivity index (χ4n) is 2.52. The van der Waals surface area contributed by atoms with Crippen molar-refractivity contribution in [3.8, 4) is 0 Å². The maximum Gasteiger partial charge on any atom is 0.342 e. The highest BCUT2D eigenvalue weighted by Crippen LogP contribution is 2.25.